The first kappa shape index (κ1) is 19.7. The lowest BCUT2D eigenvalue weighted by Crippen LogP contribution is -2.42. The maximum atomic E-state index is 13.6. The van der Waals surface area contributed by atoms with E-state index in [1.807, 2.05) is 18.2 Å². The first-order valence-electron chi connectivity index (χ1n) is 11.1. The number of hydrogen-bond donors (Lipinski definition) is 1. The summed E-state index contributed by atoms with van der Waals surface area (Å²) in [6, 6.07) is 15.8. The Kier molecular flexibility index (Phi) is 4.13. The van der Waals surface area contributed by atoms with Crippen LogP contribution in [0.2, 0.25) is 0 Å². The van der Waals surface area contributed by atoms with Gasteiger partial charge in [0.05, 0.1) is 22.5 Å². The van der Waals surface area contributed by atoms with E-state index in [1.165, 1.54) is 40.5 Å². The summed E-state index contributed by atoms with van der Waals surface area (Å²) < 4.78 is 13.5. The van der Waals surface area contributed by atoms with Crippen molar-refractivity contribution in [2.75, 3.05) is 4.90 Å². The van der Waals surface area contributed by atoms with Crippen molar-refractivity contribution in [1.82, 2.24) is 4.98 Å². The number of anilines is 1. The quantitative estimate of drug-likeness (QED) is 0.559. The van der Waals surface area contributed by atoms with Crippen molar-refractivity contribution in [1.29, 1.82) is 0 Å². The van der Waals surface area contributed by atoms with Gasteiger partial charge in [0.15, 0.2) is 0 Å². The molecule has 8 heteroatoms. The van der Waals surface area contributed by atoms with Crippen molar-refractivity contribution >= 4 is 40.6 Å². The van der Waals surface area contributed by atoms with Crippen LogP contribution in [0.4, 0.5) is 10.1 Å². The number of thioether (sulfide) groups is 1. The van der Waals surface area contributed by atoms with Gasteiger partial charge in [-0.2, -0.15) is 0 Å². The zero-order valence-corrected chi connectivity index (χ0v) is 18.9. The smallest absolute Gasteiger partial charge is 0.305 e. The summed E-state index contributed by atoms with van der Waals surface area (Å²) in [4.78, 5) is 44.6. The Hall–Kier alpha value is -2.71. The van der Waals surface area contributed by atoms with Gasteiger partial charge in [-0.25, -0.2) is 4.39 Å². The van der Waals surface area contributed by atoms with Gasteiger partial charge in [-0.15, -0.1) is 11.8 Å². The van der Waals surface area contributed by atoms with Crippen LogP contribution >= 0.6 is 23.1 Å². The average Bonchev–Trinajstić information content (AvgIpc) is 3.54. The van der Waals surface area contributed by atoms with Gasteiger partial charge in [0.25, 0.3) is 0 Å². The highest BCUT2D eigenvalue weighted by molar-refractivity contribution is 8.00. The molecule has 166 valence electrons. The third-order valence-electron chi connectivity index (χ3n) is 7.97. The number of carbonyl (C=O) groups excluding carboxylic acids is 2. The molecule has 33 heavy (non-hydrogen) atoms. The van der Waals surface area contributed by atoms with Gasteiger partial charge in [-0.3, -0.25) is 19.3 Å². The fourth-order valence-electron chi connectivity index (χ4n) is 6.90. The van der Waals surface area contributed by atoms with Crippen LogP contribution < -0.4 is 9.77 Å². The van der Waals surface area contributed by atoms with Crippen LogP contribution in [0.1, 0.15) is 22.8 Å². The van der Waals surface area contributed by atoms with E-state index in [1.54, 1.807) is 11.8 Å². The van der Waals surface area contributed by atoms with Crippen molar-refractivity contribution in [2.45, 2.75) is 22.6 Å². The normalized spacial score (nSPS) is 33.8. The highest BCUT2D eigenvalue weighted by atomic mass is 32.2. The summed E-state index contributed by atoms with van der Waals surface area (Å²) >= 11 is 2.95. The number of carbonyl (C=O) groups is 2. The SMILES string of the molecule is O=C1[C@@H]2[C@H]3C[C@@H]([C@@H]4Sc5[nH]c(=O)sc5[C@@H](c5ccccc5)[C@@H]34)[C@H]2C(=O)N1c1ccc(F)cc1. The van der Waals surface area contributed by atoms with Crippen molar-refractivity contribution in [2.24, 2.45) is 29.6 Å². The van der Waals surface area contributed by atoms with Crippen molar-refractivity contribution in [3.63, 3.8) is 0 Å². The number of H-pyrrole nitrogens is 1. The Morgan fingerprint density at radius 2 is 1.61 bits per heavy atom. The first-order valence-corrected chi connectivity index (χ1v) is 12.8. The standard InChI is InChI=1S/C25H19FN2O3S2/c26-12-6-8-13(9-7-12)28-23(29)18-14-10-15(19(18)24(28)30)20-17(14)16(11-4-2-1-3-5-11)21-22(32-20)27-25(31)33-21/h1-9,14-20H,10H2,(H,27,31)/t14-,15+,16-,17+,18+,19+,20-/m0/s1. The van der Waals surface area contributed by atoms with Crippen molar-refractivity contribution < 1.29 is 14.0 Å². The minimum absolute atomic E-state index is 0.0372. The van der Waals surface area contributed by atoms with Gasteiger partial charge in [0.2, 0.25) is 11.8 Å². The van der Waals surface area contributed by atoms with Crippen LogP contribution in [0.3, 0.4) is 0 Å². The van der Waals surface area contributed by atoms with Gasteiger partial charge >= 0.3 is 4.87 Å². The minimum Gasteiger partial charge on any atom is -0.307 e. The van der Waals surface area contributed by atoms with Crippen LogP contribution in [-0.4, -0.2) is 22.0 Å². The predicted octanol–water partition coefficient (Wildman–Crippen LogP) is 4.25. The number of aromatic nitrogens is 1. The maximum absolute atomic E-state index is 13.6. The third-order valence-corrected chi connectivity index (χ3v) is 10.6. The number of fused-ring (bicyclic) bond motifs is 9. The molecule has 2 bridgehead atoms. The van der Waals surface area contributed by atoms with E-state index in [2.05, 4.69) is 17.1 Å². The third kappa shape index (κ3) is 2.62. The fraction of sp³-hybridized carbons (Fsp3) is 0.320. The molecule has 2 aliphatic heterocycles. The van der Waals surface area contributed by atoms with Crippen molar-refractivity contribution in [3.05, 3.63) is 80.5 Å². The molecule has 0 radical (unpaired) electrons. The number of thiazole rings is 1. The Labute approximate surface area is 197 Å². The summed E-state index contributed by atoms with van der Waals surface area (Å²) in [6.45, 7) is 0. The number of amides is 2. The van der Waals surface area contributed by atoms with E-state index in [9.17, 15) is 18.8 Å². The zero-order chi connectivity index (χ0) is 22.4. The molecule has 1 saturated heterocycles. The van der Waals surface area contributed by atoms with E-state index < -0.39 is 5.82 Å². The molecule has 3 heterocycles. The number of nitrogens with one attached hydrogen (secondary N) is 1. The number of halogens is 1. The summed E-state index contributed by atoms with van der Waals surface area (Å²) in [6.07, 6.45) is 0.856. The molecule has 2 aliphatic carbocycles. The molecule has 2 saturated carbocycles. The fourth-order valence-corrected chi connectivity index (χ4v) is 9.78. The predicted molar refractivity (Wildman–Crippen MR) is 124 cm³/mol. The van der Waals surface area contributed by atoms with E-state index in [0.717, 1.165) is 21.9 Å². The summed E-state index contributed by atoms with van der Waals surface area (Å²) in [5.74, 6) is -1.03. The van der Waals surface area contributed by atoms with Gasteiger partial charge in [0, 0.05) is 16.0 Å². The highest BCUT2D eigenvalue weighted by Gasteiger charge is 2.69. The average molecular weight is 479 g/mol. The van der Waals surface area contributed by atoms with E-state index in [4.69, 9.17) is 0 Å². The Morgan fingerprint density at radius 1 is 0.909 bits per heavy atom. The topological polar surface area (TPSA) is 70.2 Å². The summed E-state index contributed by atoms with van der Waals surface area (Å²) in [5, 5.41) is 1.08. The highest BCUT2D eigenvalue weighted by Crippen LogP contribution is 2.68. The lowest BCUT2D eigenvalue weighted by atomic mass is 9.68. The van der Waals surface area contributed by atoms with Crippen molar-refractivity contribution in [3.8, 4) is 0 Å². The lowest BCUT2D eigenvalue weighted by Gasteiger charge is -2.43. The van der Waals surface area contributed by atoms with Crippen LogP contribution in [0.15, 0.2) is 64.4 Å². The Balaban J connectivity index is 1.33. The van der Waals surface area contributed by atoms with E-state index >= 15 is 0 Å². The molecule has 3 aromatic rings. The van der Waals surface area contributed by atoms with Crippen LogP contribution in [-0.2, 0) is 9.59 Å². The molecule has 1 N–H and O–H groups in total. The molecule has 2 aromatic carbocycles. The monoisotopic (exact) mass is 478 g/mol. The largest absolute Gasteiger partial charge is 0.307 e. The van der Waals surface area contributed by atoms with Gasteiger partial charge in [-0.1, -0.05) is 41.7 Å². The number of nitrogens with zero attached hydrogens (tertiary/aromatic N) is 1. The number of imide groups is 1. The minimum atomic E-state index is -0.397. The van der Waals surface area contributed by atoms with Crippen LogP contribution in [0, 0.1) is 35.4 Å². The number of benzene rings is 2. The number of rotatable bonds is 2. The molecular weight excluding hydrogens is 459 g/mol. The van der Waals surface area contributed by atoms with Gasteiger partial charge in [0.1, 0.15) is 5.82 Å². The Bertz CT molecular complexity index is 1350. The van der Waals surface area contributed by atoms with E-state index in [0.29, 0.717) is 5.69 Å². The Morgan fingerprint density at radius 3 is 2.33 bits per heavy atom. The summed E-state index contributed by atoms with van der Waals surface area (Å²) in [7, 11) is 0. The molecule has 4 aliphatic rings. The maximum Gasteiger partial charge on any atom is 0.305 e. The van der Waals surface area contributed by atoms with Crippen LogP contribution in [0.5, 0.6) is 0 Å². The molecule has 2 amide bonds. The molecule has 3 fully saturated rings. The van der Waals surface area contributed by atoms with E-state index in [-0.39, 0.29) is 57.4 Å². The second kappa shape index (κ2) is 6.90. The second-order valence-corrected chi connectivity index (χ2v) is 11.6. The molecule has 1 aromatic heterocycles. The second-order valence-electron chi connectivity index (χ2n) is 9.36. The molecule has 7 rings (SSSR count). The molecular formula is C25H19FN2O3S2. The van der Waals surface area contributed by atoms with Gasteiger partial charge in [-0.05, 0) is 54.0 Å². The molecule has 0 unspecified atom stereocenters. The molecule has 7 atom stereocenters. The van der Waals surface area contributed by atoms with Gasteiger partial charge < -0.3 is 4.98 Å². The molecule has 5 nitrogen and oxygen atoms in total. The van der Waals surface area contributed by atoms with Crippen LogP contribution in [0.25, 0.3) is 0 Å². The number of aromatic amines is 1. The summed E-state index contributed by atoms with van der Waals surface area (Å²) in [5.41, 5.74) is 1.60. The lowest BCUT2D eigenvalue weighted by molar-refractivity contribution is -0.123. The molecule has 0 spiro atoms. The number of hydrogen-bond acceptors (Lipinski definition) is 5. The first-order chi connectivity index (χ1) is 16.0. The zero-order valence-electron chi connectivity index (χ0n) is 17.3.